The zero-order valence-corrected chi connectivity index (χ0v) is 8.79. The minimum absolute atomic E-state index is 0.180. The van der Waals surface area contributed by atoms with E-state index in [2.05, 4.69) is 10.6 Å². The Morgan fingerprint density at radius 3 is 2.33 bits per heavy atom. The molecule has 0 bridgehead atoms. The molecule has 1 aliphatic heterocycles. The standard InChI is InChI=1S/C10H16N2O3/c1-15-7-4-2-6(3-5-7)8-9(13)12-10(14)11-8/h6-8H,2-5H2,1H3,(H2,11,12,13,14). The Balaban J connectivity index is 1.90. The number of nitrogens with one attached hydrogen (secondary N) is 2. The molecule has 1 aliphatic carbocycles. The van der Waals surface area contributed by atoms with Gasteiger partial charge in [-0.2, -0.15) is 0 Å². The molecular formula is C10H16N2O3. The maximum atomic E-state index is 11.4. The van der Waals surface area contributed by atoms with Crippen molar-refractivity contribution in [2.45, 2.75) is 37.8 Å². The molecule has 2 fully saturated rings. The number of rotatable bonds is 2. The normalized spacial score (nSPS) is 36.2. The molecule has 2 rings (SSSR count). The molecule has 1 saturated carbocycles. The van der Waals surface area contributed by atoms with Crippen molar-refractivity contribution < 1.29 is 14.3 Å². The number of carbonyl (C=O) groups is 2. The first-order chi connectivity index (χ1) is 7.20. The van der Waals surface area contributed by atoms with Gasteiger partial charge in [0.15, 0.2) is 0 Å². The lowest BCUT2D eigenvalue weighted by molar-refractivity contribution is -0.121. The summed E-state index contributed by atoms with van der Waals surface area (Å²) in [6, 6.07) is -0.686. The summed E-state index contributed by atoms with van der Waals surface area (Å²) in [6.45, 7) is 0. The lowest BCUT2D eigenvalue weighted by Crippen LogP contribution is -2.39. The van der Waals surface area contributed by atoms with Crippen LogP contribution in [-0.4, -0.2) is 31.2 Å². The highest BCUT2D eigenvalue weighted by Crippen LogP contribution is 2.29. The van der Waals surface area contributed by atoms with E-state index < -0.39 is 0 Å². The fourth-order valence-corrected chi connectivity index (χ4v) is 2.42. The van der Waals surface area contributed by atoms with Crippen LogP contribution < -0.4 is 10.6 Å². The van der Waals surface area contributed by atoms with Gasteiger partial charge in [-0.05, 0) is 31.6 Å². The van der Waals surface area contributed by atoms with Crippen molar-refractivity contribution in [3.63, 3.8) is 0 Å². The predicted octanol–water partition coefficient (Wildman–Crippen LogP) is 0.400. The zero-order chi connectivity index (χ0) is 10.8. The van der Waals surface area contributed by atoms with E-state index in [1.807, 2.05) is 0 Å². The lowest BCUT2D eigenvalue weighted by Gasteiger charge is -2.29. The van der Waals surface area contributed by atoms with Gasteiger partial charge in [0.25, 0.3) is 5.91 Å². The van der Waals surface area contributed by atoms with Gasteiger partial charge in [0.05, 0.1) is 6.10 Å². The molecule has 2 N–H and O–H groups in total. The van der Waals surface area contributed by atoms with Crippen LogP contribution in [0.4, 0.5) is 4.79 Å². The molecule has 0 aromatic carbocycles. The number of hydrogen-bond acceptors (Lipinski definition) is 3. The first kappa shape index (κ1) is 10.4. The van der Waals surface area contributed by atoms with Gasteiger partial charge in [0.1, 0.15) is 6.04 Å². The number of imide groups is 1. The van der Waals surface area contributed by atoms with Crippen LogP contribution in [0.5, 0.6) is 0 Å². The second-order valence-electron chi connectivity index (χ2n) is 4.21. The maximum Gasteiger partial charge on any atom is 0.322 e. The molecule has 0 spiro atoms. The van der Waals surface area contributed by atoms with Crippen LogP contribution in [0.15, 0.2) is 0 Å². The number of urea groups is 1. The van der Waals surface area contributed by atoms with Gasteiger partial charge in [-0.25, -0.2) is 4.79 Å². The van der Waals surface area contributed by atoms with Gasteiger partial charge in [-0.15, -0.1) is 0 Å². The van der Waals surface area contributed by atoms with Crippen LogP contribution >= 0.6 is 0 Å². The third kappa shape index (κ3) is 2.12. The van der Waals surface area contributed by atoms with Crippen LogP contribution in [0.2, 0.25) is 0 Å². The summed E-state index contributed by atoms with van der Waals surface area (Å²) in [5.74, 6) is 0.0868. The van der Waals surface area contributed by atoms with Crippen LogP contribution in [-0.2, 0) is 9.53 Å². The molecule has 15 heavy (non-hydrogen) atoms. The molecule has 5 nitrogen and oxygen atoms in total. The summed E-state index contributed by atoms with van der Waals surface area (Å²) < 4.78 is 5.26. The molecule has 0 aromatic rings. The van der Waals surface area contributed by atoms with Crippen molar-refractivity contribution in [2.75, 3.05) is 7.11 Å². The third-order valence-electron chi connectivity index (χ3n) is 3.33. The molecule has 1 atom stereocenters. The summed E-state index contributed by atoms with van der Waals surface area (Å²) >= 11 is 0. The number of amides is 3. The molecular weight excluding hydrogens is 196 g/mol. The van der Waals surface area contributed by atoms with Gasteiger partial charge in [0.2, 0.25) is 0 Å². The van der Waals surface area contributed by atoms with E-state index in [0.717, 1.165) is 25.7 Å². The number of carbonyl (C=O) groups excluding carboxylic acids is 2. The van der Waals surface area contributed by atoms with Crippen LogP contribution in [0.1, 0.15) is 25.7 Å². The summed E-state index contributed by atoms with van der Waals surface area (Å²) in [5, 5.41) is 4.93. The Hall–Kier alpha value is -1.10. The van der Waals surface area contributed by atoms with Gasteiger partial charge in [0, 0.05) is 7.11 Å². The van der Waals surface area contributed by atoms with E-state index in [9.17, 15) is 9.59 Å². The average molecular weight is 212 g/mol. The highest BCUT2D eigenvalue weighted by molar-refractivity contribution is 6.04. The minimum Gasteiger partial charge on any atom is -0.381 e. The van der Waals surface area contributed by atoms with Crippen molar-refractivity contribution in [1.29, 1.82) is 0 Å². The molecule has 0 aromatic heterocycles. The largest absolute Gasteiger partial charge is 0.381 e. The molecule has 1 saturated heterocycles. The fraction of sp³-hybridized carbons (Fsp3) is 0.800. The Labute approximate surface area is 88.5 Å². The molecule has 5 heteroatoms. The Morgan fingerprint density at radius 1 is 1.20 bits per heavy atom. The highest BCUT2D eigenvalue weighted by atomic mass is 16.5. The van der Waals surface area contributed by atoms with E-state index in [1.54, 1.807) is 7.11 Å². The van der Waals surface area contributed by atoms with Crippen LogP contribution in [0.25, 0.3) is 0 Å². The molecule has 84 valence electrons. The second-order valence-corrected chi connectivity index (χ2v) is 4.21. The SMILES string of the molecule is COC1CCC(C2NC(=O)NC2=O)CC1. The fourth-order valence-electron chi connectivity index (χ4n) is 2.42. The molecule has 2 aliphatic rings. The summed E-state index contributed by atoms with van der Waals surface area (Å²) in [5.41, 5.74) is 0. The highest BCUT2D eigenvalue weighted by Gasteiger charge is 2.37. The average Bonchev–Trinajstić information content (AvgIpc) is 2.58. The summed E-state index contributed by atoms with van der Waals surface area (Å²) in [6.07, 6.45) is 4.15. The Morgan fingerprint density at radius 2 is 1.87 bits per heavy atom. The Kier molecular flexibility index (Phi) is 2.90. The molecule has 1 unspecified atom stereocenters. The van der Waals surface area contributed by atoms with Gasteiger partial charge < -0.3 is 10.1 Å². The molecule has 1 heterocycles. The molecule has 3 amide bonds. The van der Waals surface area contributed by atoms with Gasteiger partial charge in [-0.3, -0.25) is 10.1 Å². The quantitative estimate of drug-likeness (QED) is 0.651. The first-order valence-corrected chi connectivity index (χ1v) is 5.35. The number of hydrogen-bond donors (Lipinski definition) is 2. The Bertz CT molecular complexity index is 272. The van der Waals surface area contributed by atoms with Gasteiger partial charge >= 0.3 is 6.03 Å². The molecule has 0 radical (unpaired) electrons. The monoisotopic (exact) mass is 212 g/mol. The zero-order valence-electron chi connectivity index (χ0n) is 8.79. The van der Waals surface area contributed by atoms with E-state index >= 15 is 0 Å². The van der Waals surface area contributed by atoms with E-state index in [0.29, 0.717) is 6.10 Å². The van der Waals surface area contributed by atoms with Crippen molar-refractivity contribution in [2.24, 2.45) is 5.92 Å². The second kappa shape index (κ2) is 4.18. The lowest BCUT2D eigenvalue weighted by atomic mass is 9.82. The van der Waals surface area contributed by atoms with Crippen molar-refractivity contribution >= 4 is 11.9 Å². The van der Waals surface area contributed by atoms with E-state index in [1.165, 1.54) is 0 Å². The van der Waals surface area contributed by atoms with Crippen LogP contribution in [0.3, 0.4) is 0 Å². The smallest absolute Gasteiger partial charge is 0.322 e. The van der Waals surface area contributed by atoms with Crippen molar-refractivity contribution in [3.05, 3.63) is 0 Å². The minimum atomic E-state index is -0.362. The predicted molar refractivity (Wildman–Crippen MR) is 53.2 cm³/mol. The maximum absolute atomic E-state index is 11.4. The van der Waals surface area contributed by atoms with E-state index in [4.69, 9.17) is 4.74 Å². The first-order valence-electron chi connectivity index (χ1n) is 5.35. The summed E-state index contributed by atoms with van der Waals surface area (Å²) in [7, 11) is 1.72. The van der Waals surface area contributed by atoms with Crippen molar-refractivity contribution in [3.8, 4) is 0 Å². The topological polar surface area (TPSA) is 67.4 Å². The third-order valence-corrected chi connectivity index (χ3v) is 3.33. The van der Waals surface area contributed by atoms with E-state index in [-0.39, 0.29) is 23.9 Å². The number of methoxy groups -OCH3 is 1. The number of ether oxygens (including phenoxy) is 1. The summed E-state index contributed by atoms with van der Waals surface area (Å²) in [4.78, 5) is 22.4. The van der Waals surface area contributed by atoms with Gasteiger partial charge in [-0.1, -0.05) is 0 Å². The van der Waals surface area contributed by atoms with Crippen LogP contribution in [0, 0.1) is 5.92 Å². The van der Waals surface area contributed by atoms with Crippen molar-refractivity contribution in [1.82, 2.24) is 10.6 Å².